The molecular weight excluding hydrogens is 376 g/mol. The van der Waals surface area contributed by atoms with Gasteiger partial charge in [0.15, 0.2) is 0 Å². The number of nitriles is 1. The summed E-state index contributed by atoms with van der Waals surface area (Å²) < 4.78 is 5.84. The maximum atomic E-state index is 10.5. The monoisotopic (exact) mass is 404 g/mol. The zero-order chi connectivity index (χ0) is 20.9. The maximum absolute atomic E-state index is 10.5. The third kappa shape index (κ3) is 7.93. The average Bonchev–Trinajstić information content (AvgIpc) is 2.71. The molecule has 7 heteroatoms. The first-order valence-electron chi connectivity index (χ1n) is 9.56. The van der Waals surface area contributed by atoms with E-state index in [4.69, 9.17) is 27.3 Å². The van der Waals surface area contributed by atoms with E-state index in [-0.39, 0.29) is 0 Å². The van der Waals surface area contributed by atoms with Gasteiger partial charge in [0.2, 0.25) is 0 Å². The Morgan fingerprint density at radius 1 is 1.21 bits per heavy atom. The Kier molecular flexibility index (Phi) is 10.6. The molecule has 152 valence electrons. The van der Waals surface area contributed by atoms with Gasteiger partial charge in [0.05, 0.1) is 16.7 Å². The highest BCUT2D eigenvalue weighted by molar-refractivity contribution is 6.31. The van der Waals surface area contributed by atoms with Crippen molar-refractivity contribution in [1.29, 1.82) is 5.26 Å². The molecule has 0 saturated heterocycles. The minimum atomic E-state index is -0.462. The van der Waals surface area contributed by atoms with Gasteiger partial charge in [-0.05, 0) is 56.9 Å². The van der Waals surface area contributed by atoms with Crippen LogP contribution in [0.3, 0.4) is 0 Å². The number of carbonyl (C=O) groups is 1. The summed E-state index contributed by atoms with van der Waals surface area (Å²) in [4.78, 5) is 10.5. The number of primary amides is 1. The number of allylic oxidation sites excluding steroid dienone is 3. The number of carbonyl (C=O) groups excluding carboxylic acids is 1. The molecule has 1 aliphatic heterocycles. The zero-order valence-corrected chi connectivity index (χ0v) is 17.5. The van der Waals surface area contributed by atoms with Crippen LogP contribution in [0, 0.1) is 11.3 Å². The predicted molar refractivity (Wildman–Crippen MR) is 112 cm³/mol. The van der Waals surface area contributed by atoms with Gasteiger partial charge in [-0.1, -0.05) is 31.9 Å². The zero-order valence-electron chi connectivity index (χ0n) is 16.7. The minimum absolute atomic E-state index is 0.317. The number of halogens is 1. The van der Waals surface area contributed by atoms with Gasteiger partial charge in [-0.15, -0.1) is 0 Å². The van der Waals surface area contributed by atoms with Gasteiger partial charge < -0.3 is 15.9 Å². The lowest BCUT2D eigenvalue weighted by atomic mass is 9.98. The lowest BCUT2D eigenvalue weighted by Gasteiger charge is -2.23. The Hall–Kier alpha value is -2.65. The van der Waals surface area contributed by atoms with E-state index in [1.54, 1.807) is 24.3 Å². The summed E-state index contributed by atoms with van der Waals surface area (Å²) in [5.74, 6) is 0.312. The Morgan fingerprint density at radius 3 is 2.39 bits per heavy atom. The predicted octanol–water partition coefficient (Wildman–Crippen LogP) is 4.32. The number of nitrogens with one attached hydrogen (secondary N) is 2. The molecule has 0 aromatic heterocycles. The molecule has 1 aliphatic carbocycles. The highest BCUT2D eigenvalue weighted by atomic mass is 35.5. The summed E-state index contributed by atoms with van der Waals surface area (Å²) in [7, 11) is 0. The van der Waals surface area contributed by atoms with E-state index in [1.165, 1.54) is 19.3 Å². The van der Waals surface area contributed by atoms with Gasteiger partial charge in [-0.25, -0.2) is 0 Å². The van der Waals surface area contributed by atoms with Gasteiger partial charge in [0.1, 0.15) is 17.5 Å². The number of nitrogens with two attached hydrogens (primary N) is 1. The third-order valence-electron chi connectivity index (χ3n) is 4.08. The maximum Gasteiger partial charge on any atom is 0.266 e. The number of benzene rings is 1. The van der Waals surface area contributed by atoms with E-state index < -0.39 is 5.91 Å². The molecule has 0 bridgehead atoms. The van der Waals surface area contributed by atoms with E-state index in [2.05, 4.69) is 10.9 Å². The van der Waals surface area contributed by atoms with Gasteiger partial charge >= 0.3 is 0 Å². The SMILES string of the molecule is CC.CC1=CC=C(C(N)=O)NN1.N#Cc1ccc(OC2CCCCC2)cc1Cl. The molecule has 0 unspecified atom stereocenters. The number of ether oxygens (including phenoxy) is 1. The first kappa shape index (κ1) is 23.4. The average molecular weight is 405 g/mol. The number of nitrogens with zero attached hydrogens (tertiary/aromatic N) is 1. The van der Waals surface area contributed by atoms with Crippen LogP contribution in [0.4, 0.5) is 0 Å². The Balaban J connectivity index is 0.000000281. The first-order valence-corrected chi connectivity index (χ1v) is 9.94. The Labute approximate surface area is 172 Å². The van der Waals surface area contributed by atoms with Crippen molar-refractivity contribution >= 4 is 17.5 Å². The summed E-state index contributed by atoms with van der Waals surface area (Å²) in [5.41, 5.74) is 12.2. The molecule has 4 N–H and O–H groups in total. The van der Waals surface area contributed by atoms with Crippen LogP contribution in [0.1, 0.15) is 58.4 Å². The molecule has 0 atom stereocenters. The lowest BCUT2D eigenvalue weighted by molar-refractivity contribution is -0.115. The number of amides is 1. The smallest absolute Gasteiger partial charge is 0.266 e. The molecular formula is C21H29ClN4O2. The summed E-state index contributed by atoms with van der Waals surface area (Å²) in [6.07, 6.45) is 9.77. The van der Waals surface area contributed by atoms with Crippen molar-refractivity contribution in [2.75, 3.05) is 0 Å². The molecule has 0 spiro atoms. The van der Waals surface area contributed by atoms with Crippen LogP contribution in [0.25, 0.3) is 0 Å². The van der Waals surface area contributed by atoms with Crippen LogP contribution in [0.15, 0.2) is 41.7 Å². The fourth-order valence-corrected chi connectivity index (χ4v) is 2.85. The van der Waals surface area contributed by atoms with Crippen LogP contribution < -0.4 is 21.3 Å². The van der Waals surface area contributed by atoms with E-state index in [0.29, 0.717) is 22.4 Å². The standard InChI is InChI=1S/C13H14ClNO.C6H9N3O.C2H6/c14-13-8-12(7-6-10(13)9-15)16-11-4-2-1-3-5-11;1-4-2-3-5(6(7)10)9-8-4;1-2/h6-8,11H,1-5H2;2-3,8-9H,1H3,(H2,7,10);1-2H3. The summed E-state index contributed by atoms with van der Waals surface area (Å²) in [6.45, 7) is 5.88. The van der Waals surface area contributed by atoms with Crippen molar-refractivity contribution in [1.82, 2.24) is 10.9 Å². The fourth-order valence-electron chi connectivity index (χ4n) is 2.64. The first-order chi connectivity index (χ1) is 13.5. The van der Waals surface area contributed by atoms with Crippen molar-refractivity contribution in [3.63, 3.8) is 0 Å². The van der Waals surface area contributed by atoms with E-state index >= 15 is 0 Å². The summed E-state index contributed by atoms with van der Waals surface area (Å²) >= 11 is 5.94. The van der Waals surface area contributed by atoms with Crippen LogP contribution in [-0.4, -0.2) is 12.0 Å². The molecule has 1 saturated carbocycles. The normalized spacial score (nSPS) is 15.5. The molecule has 2 aliphatic rings. The van der Waals surface area contributed by atoms with Crippen molar-refractivity contribution in [3.05, 3.63) is 52.3 Å². The number of hydrogen-bond acceptors (Lipinski definition) is 5. The molecule has 28 heavy (non-hydrogen) atoms. The molecule has 1 fully saturated rings. The molecule has 1 heterocycles. The molecule has 1 amide bonds. The van der Waals surface area contributed by atoms with Crippen LogP contribution in [0.5, 0.6) is 5.75 Å². The molecule has 1 aromatic carbocycles. The van der Waals surface area contributed by atoms with E-state index in [9.17, 15) is 4.79 Å². The van der Waals surface area contributed by atoms with Gasteiger partial charge in [-0.3, -0.25) is 10.2 Å². The number of rotatable bonds is 3. The van der Waals surface area contributed by atoms with Crippen LogP contribution >= 0.6 is 11.6 Å². The van der Waals surface area contributed by atoms with Crippen molar-refractivity contribution in [2.24, 2.45) is 5.73 Å². The minimum Gasteiger partial charge on any atom is -0.490 e. The molecule has 3 rings (SSSR count). The second-order valence-corrected chi connectivity index (χ2v) is 6.58. The van der Waals surface area contributed by atoms with Crippen molar-refractivity contribution in [2.45, 2.75) is 59.0 Å². The van der Waals surface area contributed by atoms with Gasteiger partial charge in [0, 0.05) is 11.8 Å². The fraction of sp³-hybridized carbons (Fsp3) is 0.429. The second-order valence-electron chi connectivity index (χ2n) is 6.18. The van der Waals surface area contributed by atoms with Gasteiger partial charge in [-0.2, -0.15) is 5.26 Å². The Morgan fingerprint density at radius 2 is 1.89 bits per heavy atom. The number of hydrogen-bond donors (Lipinski definition) is 3. The largest absolute Gasteiger partial charge is 0.490 e. The highest BCUT2D eigenvalue weighted by Gasteiger charge is 2.15. The van der Waals surface area contributed by atoms with Gasteiger partial charge in [0.25, 0.3) is 5.91 Å². The second kappa shape index (κ2) is 12.7. The topological polar surface area (TPSA) is 100 Å². The molecule has 1 aromatic rings. The molecule has 0 radical (unpaired) electrons. The highest BCUT2D eigenvalue weighted by Crippen LogP contribution is 2.26. The molecule has 6 nitrogen and oxygen atoms in total. The summed E-state index contributed by atoms with van der Waals surface area (Å²) in [5, 5.41) is 9.22. The Bertz CT molecular complexity index is 747. The van der Waals surface area contributed by atoms with Crippen molar-refractivity contribution in [3.8, 4) is 11.8 Å². The quantitative estimate of drug-likeness (QED) is 0.696. The summed E-state index contributed by atoms with van der Waals surface area (Å²) in [6, 6.07) is 7.30. The van der Waals surface area contributed by atoms with Crippen molar-refractivity contribution < 1.29 is 9.53 Å². The van der Waals surface area contributed by atoms with E-state index in [1.807, 2.05) is 32.9 Å². The third-order valence-corrected chi connectivity index (χ3v) is 4.39. The van der Waals surface area contributed by atoms with E-state index in [0.717, 1.165) is 24.3 Å². The lowest BCUT2D eigenvalue weighted by Crippen LogP contribution is -2.37. The number of hydrazine groups is 1. The van der Waals surface area contributed by atoms with Crippen LogP contribution in [0.2, 0.25) is 5.02 Å². The van der Waals surface area contributed by atoms with Crippen LogP contribution in [-0.2, 0) is 4.79 Å².